The number of nitrogens with zero attached hydrogens (tertiary/aromatic N) is 2. The van der Waals surface area contributed by atoms with Crippen LogP contribution in [-0.2, 0) is 0 Å². The molecule has 0 atom stereocenters. The van der Waals surface area contributed by atoms with Crippen LogP contribution in [0.1, 0.15) is 10.4 Å². The summed E-state index contributed by atoms with van der Waals surface area (Å²) < 4.78 is 0. The van der Waals surface area contributed by atoms with Gasteiger partial charge in [0.15, 0.2) is 0 Å². The first-order valence-electron chi connectivity index (χ1n) is 4.90. The maximum Gasteiger partial charge on any atom is 0.226 e. The smallest absolute Gasteiger partial charge is 0.226 e. The molecule has 0 bridgehead atoms. The van der Waals surface area contributed by atoms with Crippen molar-refractivity contribution in [3.63, 3.8) is 0 Å². The summed E-state index contributed by atoms with van der Waals surface area (Å²) in [5.41, 5.74) is 3.30. The number of aromatic hydroxyl groups is 2. The Morgan fingerprint density at radius 2 is 2.12 bits per heavy atom. The summed E-state index contributed by atoms with van der Waals surface area (Å²) in [5.74, 6) is 0.173. The molecule has 1 aromatic carbocycles. The lowest BCUT2D eigenvalue weighted by molar-refractivity contribution is 0.454. The number of anilines is 1. The molecule has 17 heavy (non-hydrogen) atoms. The molecule has 1 heterocycles. The zero-order valence-corrected chi connectivity index (χ0v) is 9.90. The highest BCUT2D eigenvalue weighted by Crippen LogP contribution is 2.26. The third kappa shape index (κ3) is 2.73. The van der Waals surface area contributed by atoms with E-state index in [9.17, 15) is 10.2 Å². The number of rotatable bonds is 3. The van der Waals surface area contributed by atoms with Gasteiger partial charge in [-0.25, -0.2) is 0 Å². The molecular weight excluding hydrogens is 238 g/mol. The molecule has 2 rings (SSSR count). The molecule has 0 radical (unpaired) electrons. The van der Waals surface area contributed by atoms with Gasteiger partial charge in [-0.15, -0.1) is 0 Å². The number of phenolic OH excluding ortho intramolecular Hbond substituents is 1. The molecule has 0 aliphatic carbocycles. The van der Waals surface area contributed by atoms with Crippen LogP contribution in [0.5, 0.6) is 11.6 Å². The minimum atomic E-state index is 0.00950. The van der Waals surface area contributed by atoms with E-state index < -0.39 is 0 Å². The van der Waals surface area contributed by atoms with Crippen molar-refractivity contribution in [1.82, 2.24) is 4.98 Å². The number of thiazole rings is 1. The van der Waals surface area contributed by atoms with Crippen molar-refractivity contribution >= 4 is 22.7 Å². The zero-order valence-electron chi connectivity index (χ0n) is 9.08. The predicted octanol–water partition coefficient (Wildman–Crippen LogP) is 2.31. The zero-order chi connectivity index (χ0) is 12.3. The fraction of sp³-hybridized carbons (Fsp3) is 0.0909. The van der Waals surface area contributed by atoms with Crippen molar-refractivity contribution in [2.24, 2.45) is 5.10 Å². The van der Waals surface area contributed by atoms with E-state index in [2.05, 4.69) is 15.5 Å². The summed E-state index contributed by atoms with van der Waals surface area (Å²) in [6.07, 6.45) is 1.49. The second-order valence-electron chi connectivity index (χ2n) is 3.33. The molecule has 0 unspecified atom stereocenters. The summed E-state index contributed by atoms with van der Waals surface area (Å²) in [4.78, 5) is 4.58. The number of nitrogens with one attached hydrogen (secondary N) is 1. The Labute approximate surface area is 102 Å². The van der Waals surface area contributed by atoms with Gasteiger partial charge in [-0.1, -0.05) is 23.5 Å². The number of benzene rings is 1. The molecule has 0 amide bonds. The average Bonchev–Trinajstić information content (AvgIpc) is 2.61. The van der Waals surface area contributed by atoms with E-state index in [-0.39, 0.29) is 11.6 Å². The van der Waals surface area contributed by atoms with Crippen LogP contribution < -0.4 is 5.43 Å². The van der Waals surface area contributed by atoms with Crippen LogP contribution in [0.2, 0.25) is 0 Å². The van der Waals surface area contributed by atoms with Gasteiger partial charge in [0.1, 0.15) is 5.75 Å². The van der Waals surface area contributed by atoms with Crippen LogP contribution in [0.25, 0.3) is 0 Å². The summed E-state index contributed by atoms with van der Waals surface area (Å²) in [7, 11) is 0. The highest BCUT2D eigenvalue weighted by Gasteiger charge is 2.03. The molecular formula is C11H11N3O2S. The molecule has 88 valence electrons. The van der Waals surface area contributed by atoms with Crippen molar-refractivity contribution in [2.75, 3.05) is 5.43 Å². The van der Waals surface area contributed by atoms with Gasteiger partial charge in [-0.2, -0.15) is 10.1 Å². The van der Waals surface area contributed by atoms with E-state index in [4.69, 9.17) is 0 Å². The highest BCUT2D eigenvalue weighted by atomic mass is 32.1. The SMILES string of the molecule is Cc1sc(N/N=C/c2ccccc2O)nc1O. The number of hydrazone groups is 1. The second kappa shape index (κ2) is 4.84. The van der Waals surface area contributed by atoms with Crippen LogP contribution in [-0.4, -0.2) is 21.4 Å². The van der Waals surface area contributed by atoms with Gasteiger partial charge < -0.3 is 10.2 Å². The number of aryl methyl sites for hydroxylation is 1. The fourth-order valence-corrected chi connectivity index (χ4v) is 1.85. The first-order chi connectivity index (χ1) is 8.16. The lowest BCUT2D eigenvalue weighted by Crippen LogP contribution is -1.89. The monoisotopic (exact) mass is 249 g/mol. The molecule has 0 spiro atoms. The van der Waals surface area contributed by atoms with Crippen LogP contribution in [0, 0.1) is 6.92 Å². The predicted molar refractivity (Wildman–Crippen MR) is 67.8 cm³/mol. The van der Waals surface area contributed by atoms with E-state index in [1.165, 1.54) is 17.6 Å². The highest BCUT2D eigenvalue weighted by molar-refractivity contribution is 7.15. The molecule has 0 aliphatic heterocycles. The number of para-hydroxylation sites is 1. The van der Waals surface area contributed by atoms with E-state index >= 15 is 0 Å². The van der Waals surface area contributed by atoms with Gasteiger partial charge in [-0.3, -0.25) is 5.43 Å². The minimum Gasteiger partial charge on any atom is -0.507 e. The van der Waals surface area contributed by atoms with Crippen molar-refractivity contribution in [3.8, 4) is 11.6 Å². The van der Waals surface area contributed by atoms with E-state index in [1.807, 2.05) is 0 Å². The van der Waals surface area contributed by atoms with Gasteiger partial charge in [-0.05, 0) is 19.1 Å². The Morgan fingerprint density at radius 1 is 1.35 bits per heavy atom. The van der Waals surface area contributed by atoms with Crippen LogP contribution in [0.4, 0.5) is 5.13 Å². The van der Waals surface area contributed by atoms with Crippen molar-refractivity contribution in [1.29, 1.82) is 0 Å². The van der Waals surface area contributed by atoms with Crippen molar-refractivity contribution in [2.45, 2.75) is 6.92 Å². The number of hydrogen-bond acceptors (Lipinski definition) is 6. The van der Waals surface area contributed by atoms with E-state index in [0.29, 0.717) is 10.7 Å². The lowest BCUT2D eigenvalue weighted by Gasteiger charge is -1.96. The van der Waals surface area contributed by atoms with E-state index in [0.717, 1.165) is 4.88 Å². The molecule has 0 saturated carbocycles. The summed E-state index contributed by atoms with van der Waals surface area (Å²) in [6, 6.07) is 6.87. The quantitative estimate of drug-likeness (QED) is 0.576. The molecule has 5 nitrogen and oxygen atoms in total. The molecule has 0 aliphatic rings. The summed E-state index contributed by atoms with van der Waals surface area (Å²) in [6.45, 7) is 1.77. The Balaban J connectivity index is 2.05. The molecule has 1 aromatic heterocycles. The Bertz CT molecular complexity index is 532. The standard InChI is InChI=1S/C11H11N3O2S/c1-7-10(16)13-11(17-7)14-12-6-8-4-2-3-5-9(8)15/h2-6,15-16H,1H3,(H,13,14)/b12-6+. The van der Waals surface area contributed by atoms with E-state index in [1.54, 1.807) is 31.2 Å². The van der Waals surface area contributed by atoms with Crippen LogP contribution >= 0.6 is 11.3 Å². The molecule has 6 heteroatoms. The minimum absolute atomic E-state index is 0.00950. The Hall–Kier alpha value is -2.08. The summed E-state index contributed by atoms with van der Waals surface area (Å²) in [5, 5.41) is 23.2. The van der Waals surface area contributed by atoms with Crippen molar-refractivity contribution < 1.29 is 10.2 Å². The fourth-order valence-electron chi connectivity index (χ4n) is 1.19. The second-order valence-corrected chi connectivity index (χ2v) is 4.53. The molecule has 0 fully saturated rings. The Morgan fingerprint density at radius 3 is 2.76 bits per heavy atom. The first-order valence-corrected chi connectivity index (χ1v) is 5.72. The van der Waals surface area contributed by atoms with Gasteiger partial charge >= 0.3 is 0 Å². The van der Waals surface area contributed by atoms with Gasteiger partial charge in [0.05, 0.1) is 11.1 Å². The maximum atomic E-state index is 9.48. The number of hydrogen-bond donors (Lipinski definition) is 3. The first kappa shape index (κ1) is 11.4. The normalized spacial score (nSPS) is 10.9. The van der Waals surface area contributed by atoms with Crippen LogP contribution in [0.3, 0.4) is 0 Å². The van der Waals surface area contributed by atoms with Gasteiger partial charge in [0, 0.05) is 5.56 Å². The lowest BCUT2D eigenvalue weighted by atomic mass is 10.2. The number of aromatic nitrogens is 1. The Kier molecular flexibility index (Phi) is 3.24. The van der Waals surface area contributed by atoms with Gasteiger partial charge in [0.25, 0.3) is 0 Å². The molecule has 2 aromatic rings. The molecule has 0 saturated heterocycles. The molecule has 3 N–H and O–H groups in total. The largest absolute Gasteiger partial charge is 0.507 e. The van der Waals surface area contributed by atoms with Crippen LogP contribution in [0.15, 0.2) is 29.4 Å². The summed E-state index contributed by atoms with van der Waals surface area (Å²) >= 11 is 1.31. The third-order valence-electron chi connectivity index (χ3n) is 2.07. The van der Waals surface area contributed by atoms with Crippen molar-refractivity contribution in [3.05, 3.63) is 34.7 Å². The third-order valence-corrected chi connectivity index (χ3v) is 2.94. The maximum absolute atomic E-state index is 9.48. The average molecular weight is 249 g/mol. The topological polar surface area (TPSA) is 77.7 Å². The van der Waals surface area contributed by atoms with Gasteiger partial charge in [0.2, 0.25) is 11.0 Å². The number of phenols is 1.